The lowest BCUT2D eigenvalue weighted by Gasteiger charge is -2.41. The fourth-order valence-corrected chi connectivity index (χ4v) is 2.97. The van der Waals surface area contributed by atoms with Gasteiger partial charge in [0.2, 0.25) is 0 Å². The first-order valence-electron chi connectivity index (χ1n) is 9.36. The van der Waals surface area contributed by atoms with E-state index >= 15 is 0 Å². The van der Waals surface area contributed by atoms with Crippen LogP contribution in [0.2, 0.25) is 0 Å². The Morgan fingerprint density at radius 3 is 2.82 bits per heavy atom. The molecule has 0 bridgehead atoms. The van der Waals surface area contributed by atoms with E-state index in [1.807, 2.05) is 42.7 Å². The standard InChI is InChI=1S/C18H27N5O5/c1-2-3-12-27-16-15(10-7-11-22(16)17(19)21-23(25)26)20-18(24)28-13-14-8-5-4-6-9-14/h4-6,8-9,15-16H,2-3,7,10-13H2,1H3,(H2,19,21)(H,20,24)/t15-,16+/m0/s1. The SMILES string of the molecule is CCCCO[C@@H]1[C@@H](NC(=O)OCc2ccccc2)CCCN1C(=N)N[N+](=O)[O-]. The minimum atomic E-state index is -0.781. The number of hydrogen-bond acceptors (Lipinski definition) is 6. The number of carbonyl (C=O) groups excluding carboxylic acids is 1. The summed E-state index contributed by atoms with van der Waals surface area (Å²) in [6, 6.07) is 8.88. The van der Waals surface area contributed by atoms with Gasteiger partial charge in [0.05, 0.1) is 6.04 Å². The highest BCUT2D eigenvalue weighted by Crippen LogP contribution is 2.20. The number of benzene rings is 1. The van der Waals surface area contributed by atoms with E-state index in [1.54, 1.807) is 0 Å². The quantitative estimate of drug-likeness (QED) is 0.203. The van der Waals surface area contributed by atoms with Gasteiger partial charge >= 0.3 is 6.09 Å². The number of ether oxygens (including phenoxy) is 2. The zero-order valence-corrected chi connectivity index (χ0v) is 15.9. The molecule has 0 radical (unpaired) electrons. The van der Waals surface area contributed by atoms with Gasteiger partial charge in [-0.15, -0.1) is 0 Å². The Bertz CT molecular complexity index is 657. The molecule has 0 aromatic heterocycles. The summed E-state index contributed by atoms with van der Waals surface area (Å²) in [4.78, 5) is 24.4. The molecule has 1 heterocycles. The minimum absolute atomic E-state index is 0.142. The highest BCUT2D eigenvalue weighted by atomic mass is 16.7. The average Bonchev–Trinajstić information content (AvgIpc) is 2.68. The smallest absolute Gasteiger partial charge is 0.407 e. The van der Waals surface area contributed by atoms with Crippen LogP contribution in [0.25, 0.3) is 0 Å². The number of amides is 1. The summed E-state index contributed by atoms with van der Waals surface area (Å²) >= 11 is 0. The van der Waals surface area contributed by atoms with Gasteiger partial charge in [0.25, 0.3) is 5.96 Å². The lowest BCUT2D eigenvalue weighted by Crippen LogP contribution is -2.60. The second kappa shape index (κ2) is 11.1. The molecule has 10 nitrogen and oxygen atoms in total. The minimum Gasteiger partial charge on any atom is -0.445 e. The summed E-state index contributed by atoms with van der Waals surface area (Å²) in [6.07, 6.45) is 1.75. The van der Waals surface area contributed by atoms with Crippen LogP contribution in [0.1, 0.15) is 38.2 Å². The second-order valence-electron chi connectivity index (χ2n) is 6.48. The fraction of sp³-hybridized carbons (Fsp3) is 0.556. The highest BCUT2D eigenvalue weighted by molar-refractivity contribution is 5.76. The third kappa shape index (κ3) is 6.69. The number of rotatable bonds is 8. The van der Waals surface area contributed by atoms with Gasteiger partial charge in [-0.25, -0.2) is 14.9 Å². The molecule has 1 aliphatic rings. The number of piperidine rings is 1. The predicted molar refractivity (Wildman–Crippen MR) is 102 cm³/mol. The lowest BCUT2D eigenvalue weighted by atomic mass is 10.0. The largest absolute Gasteiger partial charge is 0.445 e. The van der Waals surface area contributed by atoms with Crippen LogP contribution in [0.5, 0.6) is 0 Å². The first-order valence-corrected chi connectivity index (χ1v) is 9.36. The summed E-state index contributed by atoms with van der Waals surface area (Å²) in [7, 11) is 0. The Kier molecular flexibility index (Phi) is 8.47. The zero-order chi connectivity index (χ0) is 20.4. The molecule has 1 amide bonds. The van der Waals surface area contributed by atoms with Gasteiger partial charge in [-0.1, -0.05) is 49.1 Å². The molecule has 10 heteroatoms. The third-order valence-electron chi connectivity index (χ3n) is 4.35. The Morgan fingerprint density at radius 1 is 1.39 bits per heavy atom. The van der Waals surface area contributed by atoms with E-state index in [0.29, 0.717) is 26.0 Å². The van der Waals surface area contributed by atoms with Gasteiger partial charge in [-0.05, 0) is 24.8 Å². The monoisotopic (exact) mass is 393 g/mol. The van der Waals surface area contributed by atoms with Crippen molar-refractivity contribution in [3.63, 3.8) is 0 Å². The number of hydrogen-bond donors (Lipinski definition) is 3. The number of likely N-dealkylation sites (tertiary alicyclic amines) is 1. The van der Waals surface area contributed by atoms with Gasteiger partial charge in [-0.3, -0.25) is 5.41 Å². The normalized spacial score (nSPS) is 19.0. The molecule has 28 heavy (non-hydrogen) atoms. The number of nitro groups is 1. The van der Waals surface area contributed by atoms with Gasteiger partial charge in [0, 0.05) is 13.2 Å². The van der Waals surface area contributed by atoms with Gasteiger partial charge in [0.15, 0.2) is 11.3 Å². The molecule has 1 aliphatic heterocycles. The number of alkyl carbamates (subject to hydrolysis) is 1. The van der Waals surface area contributed by atoms with E-state index in [0.717, 1.165) is 18.4 Å². The first kappa shape index (κ1) is 21.4. The van der Waals surface area contributed by atoms with Crippen molar-refractivity contribution in [3.05, 3.63) is 46.0 Å². The van der Waals surface area contributed by atoms with Crippen LogP contribution < -0.4 is 10.7 Å². The molecule has 1 aromatic carbocycles. The van der Waals surface area contributed by atoms with Crippen LogP contribution in [0.15, 0.2) is 30.3 Å². The summed E-state index contributed by atoms with van der Waals surface area (Å²) in [5.74, 6) is -0.365. The van der Waals surface area contributed by atoms with Gasteiger partial charge < -0.3 is 19.7 Å². The average molecular weight is 393 g/mol. The summed E-state index contributed by atoms with van der Waals surface area (Å²) in [5, 5.41) is 20.6. The Labute approximate surface area is 163 Å². The van der Waals surface area contributed by atoms with E-state index in [9.17, 15) is 14.9 Å². The predicted octanol–water partition coefficient (Wildman–Crippen LogP) is 2.24. The molecule has 2 rings (SSSR count). The van der Waals surface area contributed by atoms with Crippen LogP contribution in [0.3, 0.4) is 0 Å². The van der Waals surface area contributed by atoms with Gasteiger partial charge in [-0.2, -0.15) is 0 Å². The van der Waals surface area contributed by atoms with Crippen molar-refractivity contribution in [1.82, 2.24) is 15.6 Å². The molecule has 1 saturated heterocycles. The van der Waals surface area contributed by atoms with E-state index in [4.69, 9.17) is 14.9 Å². The summed E-state index contributed by atoms with van der Waals surface area (Å²) < 4.78 is 11.1. The van der Waals surface area contributed by atoms with E-state index < -0.39 is 23.4 Å². The van der Waals surface area contributed by atoms with Crippen LogP contribution in [-0.2, 0) is 16.1 Å². The molecule has 3 N–H and O–H groups in total. The molecular formula is C18H27N5O5. The number of hydrazine groups is 1. The highest BCUT2D eigenvalue weighted by Gasteiger charge is 2.36. The molecule has 1 aromatic rings. The number of carbonyl (C=O) groups is 1. The molecular weight excluding hydrogens is 366 g/mol. The van der Waals surface area contributed by atoms with E-state index in [1.165, 1.54) is 4.90 Å². The molecule has 0 unspecified atom stereocenters. The maximum Gasteiger partial charge on any atom is 0.407 e. The van der Waals surface area contributed by atoms with Crippen LogP contribution in [0.4, 0.5) is 4.79 Å². The second-order valence-corrected chi connectivity index (χ2v) is 6.48. The maximum atomic E-state index is 12.2. The van der Waals surface area contributed by atoms with Crippen LogP contribution in [-0.4, -0.2) is 47.4 Å². The number of nitrogens with one attached hydrogen (secondary N) is 3. The van der Waals surface area contributed by atoms with Crippen molar-refractivity contribution in [3.8, 4) is 0 Å². The number of nitrogens with zero attached hydrogens (tertiary/aromatic N) is 2. The zero-order valence-electron chi connectivity index (χ0n) is 15.9. The molecule has 2 atom stereocenters. The molecule has 0 aliphatic carbocycles. The summed E-state index contributed by atoms with van der Waals surface area (Å²) in [6.45, 7) is 3.02. The Morgan fingerprint density at radius 2 is 2.14 bits per heavy atom. The fourth-order valence-electron chi connectivity index (χ4n) is 2.97. The summed E-state index contributed by atoms with van der Waals surface area (Å²) in [5.41, 5.74) is 2.73. The van der Waals surface area contributed by atoms with Crippen molar-refractivity contribution in [2.45, 2.75) is 51.5 Å². The molecule has 154 valence electrons. The topological polar surface area (TPSA) is 130 Å². The van der Waals surface area contributed by atoms with Crippen molar-refractivity contribution in [2.24, 2.45) is 0 Å². The van der Waals surface area contributed by atoms with Crippen molar-refractivity contribution < 1.29 is 19.3 Å². The first-order chi connectivity index (χ1) is 13.5. The van der Waals surface area contributed by atoms with Crippen molar-refractivity contribution in [1.29, 1.82) is 5.41 Å². The maximum absolute atomic E-state index is 12.2. The molecule has 0 spiro atoms. The van der Waals surface area contributed by atoms with E-state index in [2.05, 4.69) is 5.32 Å². The Balaban J connectivity index is 1.98. The molecule has 0 saturated carbocycles. The van der Waals surface area contributed by atoms with Crippen molar-refractivity contribution >= 4 is 12.1 Å². The molecule has 1 fully saturated rings. The third-order valence-corrected chi connectivity index (χ3v) is 4.35. The van der Waals surface area contributed by atoms with E-state index in [-0.39, 0.29) is 12.6 Å². The van der Waals surface area contributed by atoms with Crippen LogP contribution >= 0.6 is 0 Å². The van der Waals surface area contributed by atoms with Gasteiger partial charge in [0.1, 0.15) is 6.61 Å². The number of guanidine groups is 1. The van der Waals surface area contributed by atoms with Crippen LogP contribution in [0, 0.1) is 15.5 Å². The van der Waals surface area contributed by atoms with Crippen molar-refractivity contribution in [2.75, 3.05) is 13.2 Å². The Hall–Kier alpha value is -2.88. The lowest BCUT2D eigenvalue weighted by molar-refractivity contribution is -0.527. The number of unbranched alkanes of at least 4 members (excludes halogenated alkanes) is 1.